The molecule has 0 aliphatic heterocycles. The minimum atomic E-state index is -3.61. The molecule has 0 spiro atoms. The van der Waals surface area contributed by atoms with Gasteiger partial charge >= 0.3 is 5.97 Å². The Morgan fingerprint density at radius 2 is 2.05 bits per heavy atom. The highest BCUT2D eigenvalue weighted by Crippen LogP contribution is 2.39. The van der Waals surface area contributed by atoms with E-state index in [0.717, 1.165) is 30.6 Å². The van der Waals surface area contributed by atoms with Gasteiger partial charge in [0.1, 0.15) is 4.21 Å². The zero-order valence-corrected chi connectivity index (χ0v) is 13.0. The highest BCUT2D eigenvalue weighted by atomic mass is 32.2. The molecule has 0 saturated heterocycles. The number of hydrogen-bond donors (Lipinski definition) is 1. The second-order valence-corrected chi connectivity index (χ2v) is 8.40. The predicted octanol–water partition coefficient (Wildman–Crippen LogP) is 2.55. The van der Waals surface area contributed by atoms with Crippen LogP contribution in [0.15, 0.2) is 21.7 Å². The molecule has 1 aromatic heterocycles. The predicted molar refractivity (Wildman–Crippen MR) is 77.3 cm³/mol. The van der Waals surface area contributed by atoms with E-state index >= 15 is 0 Å². The summed E-state index contributed by atoms with van der Waals surface area (Å²) in [4.78, 5) is 11.2. The van der Waals surface area contributed by atoms with Crippen molar-refractivity contribution in [1.29, 1.82) is 0 Å². The zero-order valence-electron chi connectivity index (χ0n) is 11.4. The number of nitrogens with zero attached hydrogens (tertiary/aromatic N) is 1. The summed E-state index contributed by atoms with van der Waals surface area (Å²) in [5, 5.41) is 10.9. The molecule has 20 heavy (non-hydrogen) atoms. The molecule has 112 valence electrons. The monoisotopic (exact) mass is 317 g/mol. The van der Waals surface area contributed by atoms with Crippen molar-refractivity contribution < 1.29 is 18.3 Å². The lowest BCUT2D eigenvalue weighted by Crippen LogP contribution is -2.51. The maximum Gasteiger partial charge on any atom is 0.305 e. The first-order chi connectivity index (χ1) is 9.38. The molecule has 1 heterocycles. The van der Waals surface area contributed by atoms with Crippen LogP contribution in [0.5, 0.6) is 0 Å². The summed E-state index contributed by atoms with van der Waals surface area (Å²) < 4.78 is 26.8. The maximum absolute atomic E-state index is 12.6. The molecule has 0 bridgehead atoms. The lowest BCUT2D eigenvalue weighted by molar-refractivity contribution is -0.140. The number of carboxylic acid groups (broad SMARTS) is 1. The number of aliphatic carboxylic acids is 1. The summed E-state index contributed by atoms with van der Waals surface area (Å²) in [5.74, 6) is -0.944. The second kappa shape index (κ2) is 5.83. The minimum Gasteiger partial charge on any atom is -0.481 e. The smallest absolute Gasteiger partial charge is 0.305 e. The van der Waals surface area contributed by atoms with E-state index in [4.69, 9.17) is 5.11 Å². The highest BCUT2D eigenvalue weighted by molar-refractivity contribution is 7.91. The second-order valence-electron chi connectivity index (χ2n) is 5.26. The number of carbonyl (C=O) groups is 1. The van der Waals surface area contributed by atoms with Crippen LogP contribution in [0.3, 0.4) is 0 Å². The van der Waals surface area contributed by atoms with Crippen molar-refractivity contribution >= 4 is 27.3 Å². The molecule has 0 radical (unpaired) electrons. The molecule has 1 aliphatic carbocycles. The Kier molecular flexibility index (Phi) is 4.51. The van der Waals surface area contributed by atoms with Crippen molar-refractivity contribution in [3.8, 4) is 0 Å². The molecule has 1 aliphatic rings. The molecule has 7 heteroatoms. The maximum atomic E-state index is 12.6. The highest BCUT2D eigenvalue weighted by Gasteiger charge is 2.44. The van der Waals surface area contributed by atoms with Gasteiger partial charge < -0.3 is 5.11 Å². The van der Waals surface area contributed by atoms with Crippen molar-refractivity contribution in [2.45, 2.75) is 48.3 Å². The third-order valence-electron chi connectivity index (χ3n) is 4.04. The van der Waals surface area contributed by atoms with Gasteiger partial charge in [0, 0.05) is 12.6 Å². The molecular formula is C13H19NO4S2. The largest absolute Gasteiger partial charge is 0.481 e. The number of thiophene rings is 1. The van der Waals surface area contributed by atoms with Crippen LogP contribution in [0.2, 0.25) is 0 Å². The van der Waals surface area contributed by atoms with Gasteiger partial charge in [0.25, 0.3) is 10.0 Å². The Hall–Kier alpha value is -0.920. The number of rotatable bonds is 5. The zero-order chi connectivity index (χ0) is 14.8. The molecule has 5 nitrogen and oxygen atoms in total. The molecular weight excluding hydrogens is 298 g/mol. The van der Waals surface area contributed by atoms with Gasteiger partial charge in [-0.2, -0.15) is 4.31 Å². The van der Waals surface area contributed by atoms with Gasteiger partial charge in [0.2, 0.25) is 0 Å². The Morgan fingerprint density at radius 1 is 1.40 bits per heavy atom. The quantitative estimate of drug-likeness (QED) is 0.905. The van der Waals surface area contributed by atoms with Crippen molar-refractivity contribution in [2.24, 2.45) is 0 Å². The van der Waals surface area contributed by atoms with Crippen molar-refractivity contribution in [3.05, 3.63) is 17.5 Å². The van der Waals surface area contributed by atoms with Crippen LogP contribution in [-0.2, 0) is 14.8 Å². The molecule has 2 rings (SSSR count). The van der Waals surface area contributed by atoms with Crippen LogP contribution < -0.4 is 0 Å². The summed E-state index contributed by atoms with van der Waals surface area (Å²) in [7, 11) is -2.09. The van der Waals surface area contributed by atoms with Gasteiger partial charge in [-0.25, -0.2) is 8.42 Å². The fourth-order valence-electron chi connectivity index (χ4n) is 2.89. The number of hydrogen-bond acceptors (Lipinski definition) is 4. The lowest BCUT2D eigenvalue weighted by atomic mass is 9.79. The van der Waals surface area contributed by atoms with Gasteiger partial charge in [0.05, 0.1) is 6.42 Å². The minimum absolute atomic E-state index is 0.131. The standard InChI is InChI=1S/C13H19NO4S2/c1-14(20(17,18)12-6-5-9-19-12)13(10-11(15)16)7-3-2-4-8-13/h5-6,9H,2-4,7-8,10H2,1H3,(H,15,16). The van der Waals surface area contributed by atoms with Gasteiger partial charge in [-0.15, -0.1) is 11.3 Å². The first kappa shape index (κ1) is 15.5. The summed E-state index contributed by atoms with van der Waals surface area (Å²) in [6, 6.07) is 3.25. The molecule has 1 saturated carbocycles. The number of carboxylic acids is 1. The van der Waals surface area contributed by atoms with Crippen LogP contribution in [0.1, 0.15) is 38.5 Å². The van der Waals surface area contributed by atoms with Gasteiger partial charge in [-0.05, 0) is 24.3 Å². The number of sulfonamides is 1. The van der Waals surface area contributed by atoms with E-state index in [9.17, 15) is 13.2 Å². The van der Waals surface area contributed by atoms with Gasteiger partial charge in [-0.3, -0.25) is 4.79 Å². The average Bonchev–Trinajstić information content (AvgIpc) is 2.92. The topological polar surface area (TPSA) is 74.7 Å². The van der Waals surface area contributed by atoms with E-state index in [1.807, 2.05) is 0 Å². The van der Waals surface area contributed by atoms with Crippen LogP contribution >= 0.6 is 11.3 Å². The third kappa shape index (κ3) is 2.89. The molecule has 1 aromatic rings. The Balaban J connectivity index is 2.36. The van der Waals surface area contributed by atoms with Gasteiger partial charge in [0.15, 0.2) is 0 Å². The SMILES string of the molecule is CN(C1(CC(=O)O)CCCCC1)S(=O)(=O)c1cccs1. The van der Waals surface area contributed by atoms with E-state index in [1.165, 1.54) is 11.4 Å². The molecule has 0 aromatic carbocycles. The van der Waals surface area contributed by atoms with Crippen LogP contribution in [0.4, 0.5) is 0 Å². The van der Waals surface area contributed by atoms with Crippen LogP contribution in [-0.4, -0.2) is 36.4 Å². The van der Waals surface area contributed by atoms with E-state index in [-0.39, 0.29) is 10.6 Å². The Bertz CT molecular complexity index is 559. The van der Waals surface area contributed by atoms with E-state index in [2.05, 4.69) is 0 Å². The molecule has 1 fully saturated rings. The summed E-state index contributed by atoms with van der Waals surface area (Å²) in [6.07, 6.45) is 3.87. The molecule has 1 N–H and O–H groups in total. The van der Waals surface area contributed by atoms with Crippen molar-refractivity contribution in [2.75, 3.05) is 7.05 Å². The van der Waals surface area contributed by atoms with Crippen molar-refractivity contribution in [3.63, 3.8) is 0 Å². The van der Waals surface area contributed by atoms with E-state index < -0.39 is 21.5 Å². The Morgan fingerprint density at radius 3 is 2.55 bits per heavy atom. The third-order valence-corrected chi connectivity index (χ3v) is 7.38. The first-order valence-electron chi connectivity index (χ1n) is 6.63. The fraction of sp³-hybridized carbons (Fsp3) is 0.615. The van der Waals surface area contributed by atoms with E-state index in [0.29, 0.717) is 12.8 Å². The Labute approximate surface area is 123 Å². The van der Waals surface area contributed by atoms with Gasteiger partial charge in [-0.1, -0.05) is 25.3 Å². The summed E-state index contributed by atoms with van der Waals surface area (Å²) in [6.45, 7) is 0. The first-order valence-corrected chi connectivity index (χ1v) is 8.95. The average molecular weight is 317 g/mol. The van der Waals surface area contributed by atoms with Crippen molar-refractivity contribution in [1.82, 2.24) is 4.31 Å². The van der Waals surface area contributed by atoms with Crippen LogP contribution in [0, 0.1) is 0 Å². The van der Waals surface area contributed by atoms with E-state index in [1.54, 1.807) is 17.5 Å². The normalized spacial score (nSPS) is 19.1. The summed E-state index contributed by atoms with van der Waals surface area (Å²) in [5.41, 5.74) is -0.785. The lowest BCUT2D eigenvalue weighted by Gasteiger charge is -2.42. The van der Waals surface area contributed by atoms with Crippen LogP contribution in [0.25, 0.3) is 0 Å². The molecule has 0 amide bonds. The molecule has 0 unspecified atom stereocenters. The molecule has 0 atom stereocenters. The summed E-state index contributed by atoms with van der Waals surface area (Å²) >= 11 is 1.16. The fourth-order valence-corrected chi connectivity index (χ4v) is 5.61.